The van der Waals surface area contributed by atoms with Gasteiger partial charge in [0.05, 0.1) is 0 Å². The van der Waals surface area contributed by atoms with Gasteiger partial charge in [-0.1, -0.05) is 11.3 Å². The van der Waals surface area contributed by atoms with Gasteiger partial charge in [0.25, 0.3) is 5.91 Å². The topological polar surface area (TPSA) is 73.3 Å². The lowest BCUT2D eigenvalue weighted by molar-refractivity contribution is 0.0997. The van der Waals surface area contributed by atoms with Gasteiger partial charge in [-0.25, -0.2) is 4.52 Å². The number of aromatic nitrogens is 3. The number of hydrogen-bond donors (Lipinski definition) is 1. The Kier molecular flexibility index (Phi) is 1.91. The summed E-state index contributed by atoms with van der Waals surface area (Å²) in [5.74, 6) is -0.558. The first-order valence-electron chi connectivity index (χ1n) is 3.50. The van der Waals surface area contributed by atoms with Crippen LogP contribution in [0.4, 0.5) is 0 Å². The van der Waals surface area contributed by atoms with Crippen molar-refractivity contribution >= 4 is 34.0 Å². The fourth-order valence-corrected chi connectivity index (χ4v) is 1.63. The third-order valence-corrected chi connectivity index (χ3v) is 2.45. The highest BCUT2D eigenvalue weighted by Gasteiger charge is 2.11. The van der Waals surface area contributed by atoms with Crippen LogP contribution >= 0.6 is 22.6 Å². The number of fused-ring (bicyclic) bond motifs is 1. The van der Waals surface area contributed by atoms with E-state index in [0.29, 0.717) is 5.52 Å². The molecule has 0 unspecified atom stereocenters. The van der Waals surface area contributed by atoms with Gasteiger partial charge in [-0.3, -0.25) is 4.79 Å². The first kappa shape index (κ1) is 8.42. The molecule has 2 rings (SSSR count). The predicted octanol–water partition coefficient (Wildman–Crippen LogP) is 0.433. The molecular formula is C7H5IN4O. The van der Waals surface area contributed by atoms with Gasteiger partial charge >= 0.3 is 0 Å². The summed E-state index contributed by atoms with van der Waals surface area (Å²) in [6.07, 6.45) is 0. The Labute approximate surface area is 87.1 Å². The summed E-state index contributed by atoms with van der Waals surface area (Å²) in [6.45, 7) is 0. The molecule has 0 bridgehead atoms. The molecule has 0 fully saturated rings. The molecule has 0 spiro atoms. The van der Waals surface area contributed by atoms with Crippen molar-refractivity contribution < 1.29 is 4.79 Å². The number of nitrogens with zero attached hydrogens (tertiary/aromatic N) is 3. The van der Waals surface area contributed by atoms with E-state index in [1.807, 2.05) is 12.1 Å². The molecule has 2 aromatic heterocycles. The Bertz CT molecular complexity index is 478. The minimum absolute atomic E-state index is 0.207. The quantitative estimate of drug-likeness (QED) is 0.611. The lowest BCUT2D eigenvalue weighted by Gasteiger charge is -1.94. The van der Waals surface area contributed by atoms with Crippen molar-refractivity contribution in [1.29, 1.82) is 0 Å². The second-order valence-corrected chi connectivity index (χ2v) is 3.55. The Hall–Kier alpha value is -1.18. The summed E-state index contributed by atoms with van der Waals surface area (Å²) in [5.41, 5.74) is 5.96. The number of rotatable bonds is 1. The monoisotopic (exact) mass is 288 g/mol. The summed E-state index contributed by atoms with van der Waals surface area (Å²) >= 11 is 2.10. The van der Waals surface area contributed by atoms with E-state index < -0.39 is 5.91 Å². The van der Waals surface area contributed by atoms with E-state index in [1.54, 1.807) is 10.6 Å². The van der Waals surface area contributed by atoms with Crippen LogP contribution in [0.1, 0.15) is 10.5 Å². The van der Waals surface area contributed by atoms with Crippen molar-refractivity contribution in [2.45, 2.75) is 0 Å². The molecule has 66 valence electrons. The standard InChI is InChI=1S/C7H5IN4O/c8-5-3-1-2-4-6(7(9)13)10-11-12(4)5/h1-3H,(H2,9,13). The van der Waals surface area contributed by atoms with Crippen molar-refractivity contribution in [2.24, 2.45) is 5.73 Å². The molecule has 0 aliphatic heterocycles. The Morgan fingerprint density at radius 2 is 2.31 bits per heavy atom. The number of pyridine rings is 1. The van der Waals surface area contributed by atoms with Gasteiger partial charge in [0.15, 0.2) is 5.69 Å². The smallest absolute Gasteiger partial charge is 0.271 e. The average molecular weight is 288 g/mol. The van der Waals surface area contributed by atoms with Gasteiger partial charge in [-0.15, -0.1) is 5.10 Å². The molecule has 6 heteroatoms. The number of primary amides is 1. The normalized spacial score (nSPS) is 10.5. The minimum Gasteiger partial charge on any atom is -0.364 e. The zero-order chi connectivity index (χ0) is 9.42. The van der Waals surface area contributed by atoms with E-state index in [2.05, 4.69) is 32.9 Å². The maximum Gasteiger partial charge on any atom is 0.271 e. The van der Waals surface area contributed by atoms with E-state index in [0.717, 1.165) is 3.70 Å². The lowest BCUT2D eigenvalue weighted by atomic mass is 10.3. The highest BCUT2D eigenvalue weighted by molar-refractivity contribution is 14.1. The van der Waals surface area contributed by atoms with E-state index >= 15 is 0 Å². The zero-order valence-electron chi connectivity index (χ0n) is 6.44. The maximum absolute atomic E-state index is 10.9. The van der Waals surface area contributed by atoms with Gasteiger partial charge < -0.3 is 5.73 Å². The Balaban J connectivity index is 2.83. The molecule has 2 aromatic rings. The molecule has 0 saturated heterocycles. The number of nitrogens with two attached hydrogens (primary N) is 1. The van der Waals surface area contributed by atoms with Crippen LogP contribution in [-0.4, -0.2) is 20.7 Å². The number of halogens is 1. The summed E-state index contributed by atoms with van der Waals surface area (Å²) in [6, 6.07) is 5.45. The van der Waals surface area contributed by atoms with Crippen molar-refractivity contribution in [2.75, 3.05) is 0 Å². The number of carbonyl (C=O) groups excluding carboxylic acids is 1. The average Bonchev–Trinajstić information content (AvgIpc) is 2.48. The summed E-state index contributed by atoms with van der Waals surface area (Å²) in [5, 5.41) is 7.49. The van der Waals surface area contributed by atoms with Crippen LogP contribution < -0.4 is 5.73 Å². The van der Waals surface area contributed by atoms with Crippen molar-refractivity contribution in [3.05, 3.63) is 27.6 Å². The molecule has 2 N–H and O–H groups in total. The SMILES string of the molecule is NC(=O)c1nnn2c(I)cccc12. The number of amides is 1. The summed E-state index contributed by atoms with van der Waals surface area (Å²) in [4.78, 5) is 10.9. The summed E-state index contributed by atoms with van der Waals surface area (Å²) < 4.78 is 2.45. The third-order valence-electron chi connectivity index (χ3n) is 1.63. The first-order chi connectivity index (χ1) is 6.20. The maximum atomic E-state index is 10.9. The molecule has 0 aliphatic carbocycles. The third kappa shape index (κ3) is 1.26. The molecule has 1 amide bonds. The predicted molar refractivity (Wildman–Crippen MR) is 54.2 cm³/mol. The van der Waals surface area contributed by atoms with Crippen LogP contribution in [-0.2, 0) is 0 Å². The van der Waals surface area contributed by atoms with Gasteiger partial charge in [-0.05, 0) is 34.7 Å². The second kappa shape index (κ2) is 2.95. The van der Waals surface area contributed by atoms with Gasteiger partial charge in [0, 0.05) is 0 Å². The van der Waals surface area contributed by atoms with Crippen LogP contribution in [0.25, 0.3) is 5.52 Å². The second-order valence-electron chi connectivity index (χ2n) is 2.45. The molecule has 13 heavy (non-hydrogen) atoms. The van der Waals surface area contributed by atoms with Crippen molar-refractivity contribution in [3.8, 4) is 0 Å². The van der Waals surface area contributed by atoms with Gasteiger partial charge in [0.1, 0.15) is 9.22 Å². The van der Waals surface area contributed by atoms with E-state index in [1.165, 1.54) is 0 Å². The van der Waals surface area contributed by atoms with Crippen molar-refractivity contribution in [1.82, 2.24) is 14.8 Å². The van der Waals surface area contributed by atoms with E-state index in [-0.39, 0.29) is 5.69 Å². The number of hydrogen-bond acceptors (Lipinski definition) is 3. The minimum atomic E-state index is -0.558. The molecular weight excluding hydrogens is 283 g/mol. The Morgan fingerprint density at radius 3 is 3.00 bits per heavy atom. The van der Waals surface area contributed by atoms with E-state index in [9.17, 15) is 4.79 Å². The highest BCUT2D eigenvalue weighted by Crippen LogP contribution is 2.11. The van der Waals surface area contributed by atoms with E-state index in [4.69, 9.17) is 5.73 Å². The largest absolute Gasteiger partial charge is 0.364 e. The van der Waals surface area contributed by atoms with Crippen molar-refractivity contribution in [3.63, 3.8) is 0 Å². The molecule has 0 aliphatic rings. The zero-order valence-corrected chi connectivity index (χ0v) is 8.59. The lowest BCUT2D eigenvalue weighted by Crippen LogP contribution is -2.11. The van der Waals surface area contributed by atoms with Crippen LogP contribution in [0.5, 0.6) is 0 Å². The molecule has 0 atom stereocenters. The fraction of sp³-hybridized carbons (Fsp3) is 0. The van der Waals surface area contributed by atoms with Gasteiger partial charge in [0.2, 0.25) is 0 Å². The van der Waals surface area contributed by atoms with Crippen LogP contribution in [0.15, 0.2) is 18.2 Å². The highest BCUT2D eigenvalue weighted by atomic mass is 127. The van der Waals surface area contributed by atoms with Gasteiger partial charge in [-0.2, -0.15) is 0 Å². The molecule has 5 nitrogen and oxygen atoms in total. The molecule has 0 saturated carbocycles. The van der Waals surface area contributed by atoms with Crippen LogP contribution in [0.2, 0.25) is 0 Å². The molecule has 0 aromatic carbocycles. The molecule has 0 radical (unpaired) electrons. The fourth-order valence-electron chi connectivity index (χ4n) is 1.06. The summed E-state index contributed by atoms with van der Waals surface area (Å²) in [7, 11) is 0. The van der Waals surface area contributed by atoms with Crippen LogP contribution in [0, 0.1) is 3.70 Å². The Morgan fingerprint density at radius 1 is 1.54 bits per heavy atom. The number of carbonyl (C=O) groups is 1. The van der Waals surface area contributed by atoms with Crippen LogP contribution in [0.3, 0.4) is 0 Å². The first-order valence-corrected chi connectivity index (χ1v) is 4.58. The molecule has 2 heterocycles.